The van der Waals surface area contributed by atoms with Crippen molar-refractivity contribution in [2.75, 3.05) is 0 Å². The molecule has 0 N–H and O–H groups in total. The molecule has 1 aliphatic carbocycles. The lowest BCUT2D eigenvalue weighted by Crippen LogP contribution is -2.51. The number of amides is 1. The summed E-state index contributed by atoms with van der Waals surface area (Å²) >= 11 is 0. The number of carbonyl (C=O) groups excluding carboxylic acids is 2. The summed E-state index contributed by atoms with van der Waals surface area (Å²) in [6, 6.07) is -0.410. The van der Waals surface area contributed by atoms with Crippen molar-refractivity contribution in [3.8, 4) is 0 Å². The highest BCUT2D eigenvalue weighted by atomic mass is 16.5. The van der Waals surface area contributed by atoms with Gasteiger partial charge in [0.2, 0.25) is 5.91 Å². The van der Waals surface area contributed by atoms with Crippen LogP contribution in [0.25, 0.3) is 0 Å². The van der Waals surface area contributed by atoms with E-state index in [1.165, 1.54) is 6.42 Å². The molecule has 1 heterocycles. The second kappa shape index (κ2) is 6.82. The topological polar surface area (TPSA) is 46.6 Å². The van der Waals surface area contributed by atoms with Gasteiger partial charge in [0.1, 0.15) is 12.1 Å². The molecule has 4 atom stereocenters. The van der Waals surface area contributed by atoms with Crippen molar-refractivity contribution in [1.82, 2.24) is 4.90 Å². The van der Waals surface area contributed by atoms with E-state index in [0.29, 0.717) is 30.6 Å². The van der Waals surface area contributed by atoms with Gasteiger partial charge in [-0.25, -0.2) is 4.79 Å². The molecule has 1 aliphatic heterocycles. The molecule has 4 heteroatoms. The van der Waals surface area contributed by atoms with Crippen LogP contribution in [0.5, 0.6) is 0 Å². The zero-order valence-electron chi connectivity index (χ0n) is 15.6. The van der Waals surface area contributed by atoms with Crippen LogP contribution in [0.3, 0.4) is 0 Å². The molecule has 2 rings (SSSR count). The Kier molecular flexibility index (Phi) is 5.42. The Bertz CT molecular complexity index is 452. The summed E-state index contributed by atoms with van der Waals surface area (Å²) in [6.07, 6.45) is 4.33. The number of nitrogens with zero attached hydrogens (tertiary/aromatic N) is 1. The maximum Gasteiger partial charge on any atom is 0.329 e. The van der Waals surface area contributed by atoms with Crippen LogP contribution in [-0.2, 0) is 14.3 Å². The second-order valence-corrected chi connectivity index (χ2v) is 8.79. The van der Waals surface area contributed by atoms with Gasteiger partial charge in [-0.05, 0) is 57.8 Å². The third-order valence-electron chi connectivity index (χ3n) is 5.44. The number of hydrogen-bond donors (Lipinski definition) is 0. The molecule has 0 aromatic heterocycles. The van der Waals surface area contributed by atoms with Crippen molar-refractivity contribution in [2.24, 2.45) is 17.8 Å². The summed E-state index contributed by atoms with van der Waals surface area (Å²) in [6.45, 7) is 12.6. The minimum Gasteiger partial charge on any atom is -0.461 e. The van der Waals surface area contributed by atoms with Crippen LogP contribution in [0.1, 0.15) is 73.6 Å². The molecule has 132 valence electrons. The fraction of sp³-hybridized carbons (Fsp3) is 0.895. The van der Waals surface area contributed by atoms with Crippen molar-refractivity contribution in [3.05, 3.63) is 0 Å². The maximum absolute atomic E-state index is 12.8. The van der Waals surface area contributed by atoms with Gasteiger partial charge in [0.15, 0.2) is 0 Å². The summed E-state index contributed by atoms with van der Waals surface area (Å²) in [5.41, 5.74) is -0.339. The molecule has 23 heavy (non-hydrogen) atoms. The minimum atomic E-state index is -0.410. The lowest BCUT2D eigenvalue weighted by Gasteiger charge is -2.39. The van der Waals surface area contributed by atoms with Gasteiger partial charge in [-0.15, -0.1) is 0 Å². The van der Waals surface area contributed by atoms with Crippen molar-refractivity contribution >= 4 is 11.9 Å². The van der Waals surface area contributed by atoms with Gasteiger partial charge in [0, 0.05) is 12.0 Å². The Hall–Kier alpha value is -1.06. The van der Waals surface area contributed by atoms with Crippen LogP contribution in [-0.4, -0.2) is 34.5 Å². The first-order valence-corrected chi connectivity index (χ1v) is 9.14. The van der Waals surface area contributed by atoms with Gasteiger partial charge in [0.05, 0.1) is 0 Å². The summed E-state index contributed by atoms with van der Waals surface area (Å²) in [5.74, 6) is 1.43. The van der Waals surface area contributed by atoms with E-state index in [1.807, 2.05) is 20.8 Å². The van der Waals surface area contributed by atoms with Gasteiger partial charge >= 0.3 is 5.97 Å². The molecule has 2 aliphatic rings. The average Bonchev–Trinajstić information content (AvgIpc) is 2.80. The zero-order chi connectivity index (χ0) is 17.4. The molecule has 1 saturated heterocycles. The van der Waals surface area contributed by atoms with Crippen LogP contribution in [0.4, 0.5) is 0 Å². The molecule has 0 radical (unpaired) electrons. The number of carbonyl (C=O) groups is 2. The van der Waals surface area contributed by atoms with Gasteiger partial charge < -0.3 is 9.64 Å². The highest BCUT2D eigenvalue weighted by Crippen LogP contribution is 2.36. The lowest BCUT2D eigenvalue weighted by atomic mass is 9.75. The quantitative estimate of drug-likeness (QED) is 0.743. The predicted molar refractivity (Wildman–Crippen MR) is 90.8 cm³/mol. The van der Waals surface area contributed by atoms with E-state index >= 15 is 0 Å². The molecule has 2 fully saturated rings. The molecule has 0 aromatic carbocycles. The number of hydrogen-bond acceptors (Lipinski definition) is 3. The Morgan fingerprint density at radius 2 is 1.87 bits per heavy atom. The van der Waals surface area contributed by atoms with Crippen molar-refractivity contribution < 1.29 is 14.3 Å². The van der Waals surface area contributed by atoms with Gasteiger partial charge in [-0.2, -0.15) is 0 Å². The van der Waals surface area contributed by atoms with Crippen LogP contribution >= 0.6 is 0 Å². The first kappa shape index (κ1) is 18.3. The highest BCUT2D eigenvalue weighted by Gasteiger charge is 2.44. The summed E-state index contributed by atoms with van der Waals surface area (Å²) in [7, 11) is 0. The molecule has 0 aromatic rings. The highest BCUT2D eigenvalue weighted by molar-refractivity contribution is 5.88. The average molecular weight is 323 g/mol. The Labute approximate surface area is 140 Å². The van der Waals surface area contributed by atoms with Crippen LogP contribution in [0.2, 0.25) is 0 Å². The molecule has 4 nitrogen and oxygen atoms in total. The lowest BCUT2D eigenvalue weighted by molar-refractivity contribution is -0.165. The fourth-order valence-corrected chi connectivity index (χ4v) is 4.23. The van der Waals surface area contributed by atoms with E-state index < -0.39 is 6.04 Å². The normalized spacial score (nSPS) is 32.5. The summed E-state index contributed by atoms with van der Waals surface area (Å²) < 4.78 is 5.96. The molecule has 0 unspecified atom stereocenters. The molecule has 0 bridgehead atoms. The monoisotopic (exact) mass is 323 g/mol. The standard InChI is InChI=1S/C19H33NO3/c1-12(2)14-8-7-13(3)11-16(14)23-18(22)15-9-10-17(21)20(15)19(4,5)6/h12-16H,7-11H2,1-6H3/t13-,14+,15+,16-/m1/s1. The van der Waals surface area contributed by atoms with Crippen LogP contribution in [0, 0.1) is 17.8 Å². The second-order valence-electron chi connectivity index (χ2n) is 8.79. The first-order chi connectivity index (χ1) is 10.6. The van der Waals surface area contributed by atoms with E-state index in [-0.39, 0.29) is 23.5 Å². The van der Waals surface area contributed by atoms with Gasteiger partial charge in [0.25, 0.3) is 0 Å². The Balaban J connectivity index is 2.09. The molecular formula is C19H33NO3. The SMILES string of the molecule is CC(C)[C@@H]1CC[C@@H](C)C[C@H]1OC(=O)[C@@H]1CCC(=O)N1C(C)(C)C. The number of likely N-dealkylation sites (tertiary alicyclic amines) is 1. The number of ether oxygens (including phenoxy) is 1. The van der Waals surface area contributed by atoms with Crippen molar-refractivity contribution in [1.29, 1.82) is 0 Å². The Morgan fingerprint density at radius 1 is 1.22 bits per heavy atom. The largest absolute Gasteiger partial charge is 0.461 e. The first-order valence-electron chi connectivity index (χ1n) is 9.14. The van der Waals surface area contributed by atoms with E-state index in [0.717, 1.165) is 12.8 Å². The van der Waals surface area contributed by atoms with Gasteiger partial charge in [-0.3, -0.25) is 4.79 Å². The summed E-state index contributed by atoms with van der Waals surface area (Å²) in [5, 5.41) is 0. The smallest absolute Gasteiger partial charge is 0.329 e. The molecule has 1 amide bonds. The van der Waals surface area contributed by atoms with Crippen LogP contribution < -0.4 is 0 Å². The Morgan fingerprint density at radius 3 is 2.43 bits per heavy atom. The van der Waals surface area contributed by atoms with E-state index in [9.17, 15) is 9.59 Å². The molecule has 0 spiro atoms. The van der Waals surface area contributed by atoms with Gasteiger partial charge in [-0.1, -0.05) is 27.2 Å². The number of esters is 1. The third-order valence-corrected chi connectivity index (χ3v) is 5.44. The molecular weight excluding hydrogens is 290 g/mol. The molecule has 1 saturated carbocycles. The van der Waals surface area contributed by atoms with Crippen molar-refractivity contribution in [3.63, 3.8) is 0 Å². The van der Waals surface area contributed by atoms with E-state index in [2.05, 4.69) is 20.8 Å². The van der Waals surface area contributed by atoms with Crippen LogP contribution in [0.15, 0.2) is 0 Å². The van der Waals surface area contributed by atoms with Crippen molar-refractivity contribution in [2.45, 2.75) is 91.3 Å². The van der Waals surface area contributed by atoms with E-state index in [4.69, 9.17) is 4.74 Å². The minimum absolute atomic E-state index is 0.00349. The zero-order valence-corrected chi connectivity index (χ0v) is 15.6. The van der Waals surface area contributed by atoms with E-state index in [1.54, 1.807) is 4.90 Å². The third kappa shape index (κ3) is 4.07. The number of rotatable bonds is 3. The predicted octanol–water partition coefficient (Wildman–Crippen LogP) is 3.78. The fourth-order valence-electron chi connectivity index (χ4n) is 4.23. The summed E-state index contributed by atoms with van der Waals surface area (Å²) in [4.78, 5) is 26.7. The maximum atomic E-state index is 12.8.